The molecule has 0 spiro atoms. The van der Waals surface area contributed by atoms with E-state index in [1.165, 1.54) is 85.1 Å². The Bertz CT molecular complexity index is 5710. The predicted octanol–water partition coefficient (Wildman–Crippen LogP) is 14.3. The maximum atomic E-state index is 13.4. The highest BCUT2D eigenvalue weighted by molar-refractivity contribution is 6.31. The second kappa shape index (κ2) is 47.1. The smallest absolute Gasteiger partial charge is 0.275 e. The van der Waals surface area contributed by atoms with E-state index >= 15 is 0 Å². The van der Waals surface area contributed by atoms with Crippen molar-refractivity contribution in [2.75, 3.05) is 0 Å². The molecule has 0 aliphatic carbocycles. The normalized spacial score (nSPS) is 11.0. The molecule has 3 aromatic heterocycles. The summed E-state index contributed by atoms with van der Waals surface area (Å²) in [6.45, 7) is 8.58. The van der Waals surface area contributed by atoms with Gasteiger partial charge in [0.25, 0.3) is 46.8 Å². The Kier molecular flexibility index (Phi) is 35.5. The lowest BCUT2D eigenvalue weighted by Crippen LogP contribution is -2.20. The van der Waals surface area contributed by atoms with Gasteiger partial charge in [-0.1, -0.05) is 127 Å². The minimum absolute atomic E-state index is 0.0332. The SMILES string of the molecule is C/C(=N/NC(=O)c1ccccc1)c1ccccn1.C/C(=N\NC(=O)c1cccc(Cl)c1)c1ccccc1O.C/C(=N\NC(=O)c1cccc([N+](=O)[O-])c1)c1ccccn1.C/C(=N\NC(=O)c1ccccc1F)c1ccccn1.C/C(=N\NC(=O)c1ccccc1O)c1ccccc1O.O=C(N/N=C/c1ccccc1O)c1cccc([N+](=O)[O-])c1. The van der Waals surface area contributed by atoms with Gasteiger partial charge in [0.1, 0.15) is 28.8 Å². The first-order valence-corrected chi connectivity index (χ1v) is 35.6. The zero-order valence-corrected chi connectivity index (χ0v) is 64.7. The van der Waals surface area contributed by atoms with Crippen molar-refractivity contribution in [1.82, 2.24) is 47.5 Å². The van der Waals surface area contributed by atoms with Crippen molar-refractivity contribution in [3.8, 4) is 23.0 Å². The molecule has 6 amide bonds. The Morgan fingerprint density at radius 2 is 0.664 bits per heavy atom. The molecule has 0 unspecified atom stereocenters. The third kappa shape index (κ3) is 29.8. The molecular formula is C86H75ClFN17O14. The lowest BCUT2D eigenvalue weighted by Gasteiger charge is -2.05. The minimum atomic E-state index is -0.589. The summed E-state index contributed by atoms with van der Waals surface area (Å²) in [5.74, 6) is -3.24. The third-order valence-corrected chi connectivity index (χ3v) is 15.9. The topological polar surface area (TPSA) is 455 Å². The van der Waals surface area contributed by atoms with Crippen LogP contribution in [0, 0.1) is 26.0 Å². The van der Waals surface area contributed by atoms with Gasteiger partial charge in [0.05, 0.1) is 72.8 Å². The first-order valence-electron chi connectivity index (χ1n) is 35.3. The number of halogens is 2. The summed E-state index contributed by atoms with van der Waals surface area (Å²) in [6, 6.07) is 74.5. The summed E-state index contributed by atoms with van der Waals surface area (Å²) in [4.78, 5) is 103. The molecule has 12 aromatic rings. The van der Waals surface area contributed by atoms with Crippen LogP contribution >= 0.6 is 11.6 Å². The number of nitro benzene ring substituents is 2. The Morgan fingerprint density at radius 1 is 0.345 bits per heavy atom. The van der Waals surface area contributed by atoms with Crippen molar-refractivity contribution in [2.24, 2.45) is 30.6 Å². The highest BCUT2D eigenvalue weighted by Gasteiger charge is 2.16. The Balaban J connectivity index is 0.000000197. The first-order chi connectivity index (χ1) is 57.3. The molecule has 9 aromatic carbocycles. The number of non-ortho nitro benzene ring substituents is 2. The van der Waals surface area contributed by atoms with E-state index in [1.54, 1.807) is 199 Å². The summed E-state index contributed by atoms with van der Waals surface area (Å²) in [5, 5.41) is 83.7. The number of rotatable bonds is 20. The fourth-order valence-corrected chi connectivity index (χ4v) is 9.63. The van der Waals surface area contributed by atoms with Gasteiger partial charge in [-0.15, -0.1) is 0 Å². The zero-order valence-electron chi connectivity index (χ0n) is 63.9. The Morgan fingerprint density at radius 3 is 1.06 bits per heavy atom. The lowest BCUT2D eigenvalue weighted by atomic mass is 10.1. The fourth-order valence-electron chi connectivity index (χ4n) is 9.44. The summed E-state index contributed by atoms with van der Waals surface area (Å²) < 4.78 is 13.4. The Hall–Kier alpha value is -16.5. The number of nitrogens with zero attached hydrogens (tertiary/aromatic N) is 11. The van der Waals surface area contributed by atoms with E-state index in [4.69, 9.17) is 11.6 Å². The average Bonchev–Trinajstić information content (AvgIpc) is 0.865. The minimum Gasteiger partial charge on any atom is -0.507 e. The highest BCUT2D eigenvalue weighted by atomic mass is 35.5. The van der Waals surface area contributed by atoms with Crippen molar-refractivity contribution in [3.63, 3.8) is 0 Å². The second-order valence-corrected chi connectivity index (χ2v) is 24.6. The van der Waals surface area contributed by atoms with E-state index in [-0.39, 0.29) is 68.4 Å². The number of phenolic OH excluding ortho intramolecular Hbond substituents is 4. The number of hydrogen-bond acceptors (Lipinski definition) is 23. The van der Waals surface area contributed by atoms with Crippen LogP contribution in [0.3, 0.4) is 0 Å². The number of aromatic hydroxyl groups is 4. The first kappa shape index (κ1) is 89.7. The molecule has 0 saturated heterocycles. The molecule has 0 aliphatic heterocycles. The monoisotopic (exact) mass is 1620 g/mol. The predicted molar refractivity (Wildman–Crippen MR) is 449 cm³/mol. The van der Waals surface area contributed by atoms with E-state index in [0.29, 0.717) is 72.8 Å². The molecule has 0 radical (unpaired) electrons. The van der Waals surface area contributed by atoms with Crippen LogP contribution in [0.15, 0.2) is 328 Å². The number of pyridine rings is 3. The van der Waals surface area contributed by atoms with E-state index in [2.05, 4.69) is 78.1 Å². The molecular weight excluding hydrogens is 1550 g/mol. The van der Waals surface area contributed by atoms with E-state index in [0.717, 1.165) is 11.8 Å². The van der Waals surface area contributed by atoms with Gasteiger partial charge < -0.3 is 20.4 Å². The standard InChI is InChI=1S/C15H13ClN2O2.C15H14N2O3.C14H12FN3O.C14H12N4O3.C14H11N3O4.C14H13N3O/c1-10(13-7-2-3-8-14(13)19)17-18-15(20)11-5-4-6-12(16)9-11;1-10(11-6-2-4-8-13(11)18)16-17-15(20)12-7-3-5-9-14(12)19;1-10(13-8-4-5-9-16-13)17-18-14(19)11-6-2-3-7-12(11)15;1-10(13-7-2-3-8-15-13)16-17-14(19)11-5-4-6-12(9-11)18(20)21;18-13-7-2-1-4-11(13)9-15-16-14(19)10-5-3-6-12(8-10)17(20)21;1-11(13-9-5-6-10-15-13)16-17-14(18)12-7-3-2-4-8-12/h2-9,19H,1H3,(H,18,20);2-9,18-19H,1H3,(H,17,20);2-9H,1H3,(H,18,19);2-9H,1H3,(H,17,19);1-9,18H,(H,16,19);2-10H,1H3,(H,17,18)/b17-10+;16-10+;17-10+;16-10+;15-9+;16-11-. The number of aromatic nitrogens is 3. The van der Waals surface area contributed by atoms with E-state index in [1.807, 2.05) is 48.5 Å². The summed E-state index contributed by atoms with van der Waals surface area (Å²) >= 11 is 5.82. The average molecular weight is 1630 g/mol. The number of benzene rings is 9. The van der Waals surface area contributed by atoms with Gasteiger partial charge in [-0.25, -0.2) is 36.9 Å². The van der Waals surface area contributed by atoms with Crippen LogP contribution < -0.4 is 32.6 Å². The summed E-state index contributed by atoms with van der Waals surface area (Å²) in [5.41, 5.74) is 21.5. The van der Waals surface area contributed by atoms with Crippen LogP contribution in [0.2, 0.25) is 5.02 Å². The number of hydrazone groups is 6. The molecule has 0 bridgehead atoms. The molecule has 3 heterocycles. The quantitative estimate of drug-likeness (QED) is 0.0192. The van der Waals surface area contributed by atoms with Gasteiger partial charge >= 0.3 is 0 Å². The van der Waals surface area contributed by atoms with Gasteiger partial charge in [0, 0.05) is 86.8 Å². The molecule has 602 valence electrons. The molecule has 119 heavy (non-hydrogen) atoms. The molecule has 12 rings (SSSR count). The Labute approximate surface area is 684 Å². The van der Waals surface area contributed by atoms with Gasteiger partial charge in [-0.05, 0) is 174 Å². The van der Waals surface area contributed by atoms with Gasteiger partial charge in [-0.3, -0.25) is 63.9 Å². The zero-order chi connectivity index (χ0) is 86.0. The fraction of sp³-hybridized carbons (Fsp3) is 0.0581. The number of amides is 6. The number of para-hydroxylation sites is 4. The number of phenols is 4. The number of nitrogens with one attached hydrogen (secondary N) is 6. The van der Waals surface area contributed by atoms with E-state index in [9.17, 15) is 73.8 Å². The van der Waals surface area contributed by atoms with Crippen LogP contribution in [-0.4, -0.2) is 115 Å². The van der Waals surface area contributed by atoms with Crippen LogP contribution in [-0.2, 0) is 0 Å². The highest BCUT2D eigenvalue weighted by Crippen LogP contribution is 2.21. The maximum absolute atomic E-state index is 13.4. The number of hydrogen-bond donors (Lipinski definition) is 10. The van der Waals surface area contributed by atoms with Crippen molar-refractivity contribution in [1.29, 1.82) is 0 Å². The number of nitro groups is 2. The van der Waals surface area contributed by atoms with Gasteiger partial charge in [0.15, 0.2) is 0 Å². The van der Waals surface area contributed by atoms with Crippen molar-refractivity contribution in [2.45, 2.75) is 34.6 Å². The molecule has 10 N–H and O–H groups in total. The van der Waals surface area contributed by atoms with Crippen LogP contribution in [0.4, 0.5) is 15.8 Å². The molecule has 0 atom stereocenters. The van der Waals surface area contributed by atoms with Crippen LogP contribution in [0.25, 0.3) is 0 Å². The van der Waals surface area contributed by atoms with Crippen molar-refractivity contribution < 1.29 is 63.4 Å². The van der Waals surface area contributed by atoms with Gasteiger partial charge in [-0.2, -0.15) is 30.6 Å². The molecule has 33 heteroatoms. The summed E-state index contributed by atoms with van der Waals surface area (Å²) in [6.07, 6.45) is 6.22. The third-order valence-electron chi connectivity index (χ3n) is 15.7. The molecule has 0 aliphatic rings. The molecule has 0 saturated carbocycles. The van der Waals surface area contributed by atoms with Crippen LogP contribution in [0.5, 0.6) is 23.0 Å². The van der Waals surface area contributed by atoms with Crippen LogP contribution in [0.1, 0.15) is 131 Å². The molecule has 31 nitrogen and oxygen atoms in total. The number of carbonyl (C=O) groups is 6. The van der Waals surface area contributed by atoms with Crippen molar-refractivity contribution in [3.05, 3.63) is 396 Å². The van der Waals surface area contributed by atoms with Crippen molar-refractivity contribution >= 4 is 93.2 Å². The largest absolute Gasteiger partial charge is 0.507 e. The second-order valence-electron chi connectivity index (χ2n) is 24.1. The van der Waals surface area contributed by atoms with Gasteiger partial charge in [0.2, 0.25) is 0 Å². The summed E-state index contributed by atoms with van der Waals surface area (Å²) in [7, 11) is 0. The molecule has 0 fully saturated rings. The lowest BCUT2D eigenvalue weighted by molar-refractivity contribution is -0.385. The maximum Gasteiger partial charge on any atom is 0.275 e. The van der Waals surface area contributed by atoms with E-state index < -0.39 is 39.3 Å². The number of carbonyl (C=O) groups excluding carboxylic acids is 6.